The molecular weight excluding hydrogens is 344 g/mol. The summed E-state index contributed by atoms with van der Waals surface area (Å²) in [7, 11) is 0. The first-order chi connectivity index (χ1) is 12.9. The summed E-state index contributed by atoms with van der Waals surface area (Å²) in [6.45, 7) is 9.12. The van der Waals surface area contributed by atoms with Gasteiger partial charge in [0.15, 0.2) is 11.5 Å². The van der Waals surface area contributed by atoms with Crippen molar-refractivity contribution >= 4 is 6.03 Å². The molecule has 3 rings (SSSR count). The van der Waals surface area contributed by atoms with E-state index >= 15 is 0 Å². The second kappa shape index (κ2) is 8.38. The van der Waals surface area contributed by atoms with Gasteiger partial charge in [-0.3, -0.25) is 0 Å². The molecule has 0 bridgehead atoms. The largest absolute Gasteiger partial charge is 0.486 e. The minimum atomic E-state index is -0.0578. The Morgan fingerprint density at radius 2 is 1.93 bits per heavy atom. The summed E-state index contributed by atoms with van der Waals surface area (Å²) in [6, 6.07) is 7.58. The molecule has 150 valence electrons. The fraction of sp³-hybridized carbons (Fsp3) is 0.667. The number of benzene rings is 1. The Labute approximate surface area is 161 Å². The number of ether oxygens (including phenoxy) is 2. The lowest BCUT2D eigenvalue weighted by molar-refractivity contribution is 0.0850. The lowest BCUT2D eigenvalue weighted by atomic mass is 9.80. The van der Waals surface area contributed by atoms with Crippen molar-refractivity contribution in [3.63, 3.8) is 0 Å². The lowest BCUT2D eigenvalue weighted by Gasteiger charge is -2.27. The van der Waals surface area contributed by atoms with E-state index in [1.807, 2.05) is 29.2 Å². The zero-order chi connectivity index (χ0) is 19.4. The minimum absolute atomic E-state index is 0.0537. The van der Waals surface area contributed by atoms with Crippen LogP contribution in [-0.2, 0) is 0 Å². The molecule has 6 heteroatoms. The van der Waals surface area contributed by atoms with Gasteiger partial charge in [-0.15, -0.1) is 0 Å². The molecular formula is C21H32N2O4. The Kier molecular flexibility index (Phi) is 6.15. The minimum Gasteiger partial charge on any atom is -0.486 e. The predicted molar refractivity (Wildman–Crippen MR) is 104 cm³/mol. The maximum Gasteiger partial charge on any atom is 0.317 e. The van der Waals surface area contributed by atoms with E-state index in [4.69, 9.17) is 9.47 Å². The average Bonchev–Trinajstić information content (AvgIpc) is 3.02. The van der Waals surface area contributed by atoms with Crippen molar-refractivity contribution in [2.24, 2.45) is 17.3 Å². The van der Waals surface area contributed by atoms with Crippen LogP contribution in [0.2, 0.25) is 0 Å². The highest BCUT2D eigenvalue weighted by atomic mass is 16.6. The van der Waals surface area contributed by atoms with Crippen LogP contribution in [0.1, 0.15) is 33.6 Å². The fourth-order valence-corrected chi connectivity index (χ4v) is 3.99. The first-order valence-electron chi connectivity index (χ1n) is 9.88. The first kappa shape index (κ1) is 19.8. The summed E-state index contributed by atoms with van der Waals surface area (Å²) in [4.78, 5) is 14.4. The maximum absolute atomic E-state index is 12.5. The van der Waals surface area contributed by atoms with Crippen LogP contribution < -0.4 is 14.8 Å². The number of carbonyl (C=O) groups excluding carboxylic acids is 1. The third-order valence-electron chi connectivity index (χ3n) is 5.28. The second-order valence-corrected chi connectivity index (χ2v) is 8.89. The number of hydrogen-bond acceptors (Lipinski definition) is 4. The molecule has 0 saturated carbocycles. The van der Waals surface area contributed by atoms with Gasteiger partial charge in [-0.05, 0) is 29.9 Å². The van der Waals surface area contributed by atoms with Crippen molar-refractivity contribution in [3.05, 3.63) is 24.3 Å². The molecule has 1 aromatic rings. The number of fused-ring (bicyclic) bond motifs is 1. The first-order valence-corrected chi connectivity index (χ1v) is 9.88. The third-order valence-corrected chi connectivity index (χ3v) is 5.28. The number of urea groups is 1. The monoisotopic (exact) mass is 376 g/mol. The van der Waals surface area contributed by atoms with Gasteiger partial charge in [0.05, 0.1) is 0 Å². The average molecular weight is 376 g/mol. The zero-order valence-corrected chi connectivity index (χ0v) is 16.6. The molecule has 0 radical (unpaired) electrons. The quantitative estimate of drug-likeness (QED) is 0.829. The molecule has 2 amide bonds. The van der Waals surface area contributed by atoms with Crippen LogP contribution in [0, 0.1) is 17.3 Å². The van der Waals surface area contributed by atoms with Crippen LogP contribution in [0.25, 0.3) is 0 Å². The molecule has 3 atom stereocenters. The Hall–Kier alpha value is -1.95. The predicted octanol–water partition coefficient (Wildman–Crippen LogP) is 2.90. The number of aliphatic hydroxyl groups excluding tert-OH is 1. The Morgan fingerprint density at radius 1 is 1.22 bits per heavy atom. The van der Waals surface area contributed by atoms with E-state index in [9.17, 15) is 9.90 Å². The summed E-state index contributed by atoms with van der Waals surface area (Å²) >= 11 is 0. The molecule has 2 heterocycles. The van der Waals surface area contributed by atoms with Crippen LogP contribution in [0.15, 0.2) is 24.3 Å². The summed E-state index contributed by atoms with van der Waals surface area (Å²) in [5, 5.41) is 12.7. The van der Waals surface area contributed by atoms with Crippen molar-refractivity contribution < 1.29 is 19.4 Å². The highest BCUT2D eigenvalue weighted by Crippen LogP contribution is 2.34. The number of nitrogens with zero attached hydrogens (tertiary/aromatic N) is 1. The SMILES string of the molecule is CC(C)(C)C[C@@H]1CN(C(=O)NCCC2COc3ccccc3O2)C[C@H]1CO. The number of para-hydroxylation sites is 2. The van der Waals surface area contributed by atoms with Crippen molar-refractivity contribution in [2.45, 2.75) is 39.7 Å². The normalized spacial score (nSPS) is 24.7. The molecule has 27 heavy (non-hydrogen) atoms. The van der Waals surface area contributed by atoms with E-state index in [2.05, 4.69) is 26.1 Å². The van der Waals surface area contributed by atoms with Gasteiger partial charge in [0.1, 0.15) is 12.7 Å². The van der Waals surface area contributed by atoms with Gasteiger partial charge in [-0.2, -0.15) is 0 Å². The van der Waals surface area contributed by atoms with E-state index in [1.54, 1.807) is 0 Å². The van der Waals surface area contributed by atoms with Gasteiger partial charge in [0.25, 0.3) is 0 Å². The molecule has 0 aromatic heterocycles. The molecule has 2 N–H and O–H groups in total. The summed E-state index contributed by atoms with van der Waals surface area (Å²) in [5.74, 6) is 2.05. The van der Waals surface area contributed by atoms with E-state index in [1.165, 1.54) is 0 Å². The zero-order valence-electron chi connectivity index (χ0n) is 16.6. The van der Waals surface area contributed by atoms with Crippen molar-refractivity contribution in [3.8, 4) is 11.5 Å². The summed E-state index contributed by atoms with van der Waals surface area (Å²) < 4.78 is 11.6. The van der Waals surface area contributed by atoms with Gasteiger partial charge in [0.2, 0.25) is 0 Å². The Bertz CT molecular complexity index is 643. The molecule has 1 unspecified atom stereocenters. The van der Waals surface area contributed by atoms with E-state index < -0.39 is 0 Å². The molecule has 2 aliphatic heterocycles. The molecule has 6 nitrogen and oxygen atoms in total. The van der Waals surface area contributed by atoms with Gasteiger partial charge < -0.3 is 24.8 Å². The number of hydrogen-bond donors (Lipinski definition) is 2. The van der Waals surface area contributed by atoms with Crippen LogP contribution in [-0.4, -0.2) is 55.0 Å². The Morgan fingerprint density at radius 3 is 2.63 bits per heavy atom. The van der Waals surface area contributed by atoms with Gasteiger partial charge >= 0.3 is 6.03 Å². The van der Waals surface area contributed by atoms with Gasteiger partial charge in [-0.25, -0.2) is 4.79 Å². The van der Waals surface area contributed by atoms with Gasteiger partial charge in [-0.1, -0.05) is 32.9 Å². The van der Waals surface area contributed by atoms with E-state index in [0.29, 0.717) is 38.6 Å². The smallest absolute Gasteiger partial charge is 0.317 e. The fourth-order valence-electron chi connectivity index (χ4n) is 3.99. The highest BCUT2D eigenvalue weighted by Gasteiger charge is 2.36. The molecule has 1 saturated heterocycles. The number of aliphatic hydroxyl groups is 1. The number of nitrogens with one attached hydrogen (secondary N) is 1. The maximum atomic E-state index is 12.5. The standard InChI is InChI=1S/C21H32N2O4/c1-21(2,3)10-15-11-23(12-16(15)13-24)20(25)22-9-8-17-14-26-18-6-4-5-7-19(18)27-17/h4-7,15-17,24H,8-14H2,1-3H3,(H,22,25)/t15-,16+,17?/m1/s1. The van der Waals surface area contributed by atoms with Crippen LogP contribution in [0.5, 0.6) is 11.5 Å². The topological polar surface area (TPSA) is 71.0 Å². The van der Waals surface area contributed by atoms with E-state index in [-0.39, 0.29) is 30.1 Å². The molecule has 0 spiro atoms. The van der Waals surface area contributed by atoms with Crippen molar-refractivity contribution in [1.29, 1.82) is 0 Å². The van der Waals surface area contributed by atoms with Crippen molar-refractivity contribution in [2.75, 3.05) is 32.8 Å². The summed E-state index contributed by atoms with van der Waals surface area (Å²) in [5.41, 5.74) is 0.194. The van der Waals surface area contributed by atoms with Crippen molar-refractivity contribution in [1.82, 2.24) is 10.2 Å². The van der Waals surface area contributed by atoms with Crippen LogP contribution in [0.4, 0.5) is 4.79 Å². The Balaban J connectivity index is 1.43. The number of likely N-dealkylation sites (tertiary alicyclic amines) is 1. The lowest BCUT2D eigenvalue weighted by Crippen LogP contribution is -2.41. The molecule has 0 aliphatic carbocycles. The molecule has 1 aromatic carbocycles. The van der Waals surface area contributed by atoms with Crippen LogP contribution in [0.3, 0.4) is 0 Å². The molecule has 2 aliphatic rings. The number of amides is 2. The van der Waals surface area contributed by atoms with Crippen LogP contribution >= 0.6 is 0 Å². The number of carbonyl (C=O) groups is 1. The van der Waals surface area contributed by atoms with Gasteiger partial charge in [0, 0.05) is 38.6 Å². The summed E-state index contributed by atoms with van der Waals surface area (Å²) in [6.07, 6.45) is 1.65. The highest BCUT2D eigenvalue weighted by molar-refractivity contribution is 5.74. The second-order valence-electron chi connectivity index (χ2n) is 8.89. The molecule has 1 fully saturated rings. The van der Waals surface area contributed by atoms with E-state index in [0.717, 1.165) is 17.9 Å². The number of rotatable bonds is 5. The third kappa shape index (κ3) is 5.28.